The van der Waals surface area contributed by atoms with Crippen LogP contribution in [-0.4, -0.2) is 27.2 Å². The van der Waals surface area contributed by atoms with Gasteiger partial charge in [-0.25, -0.2) is 0 Å². The van der Waals surface area contributed by atoms with Gasteiger partial charge in [0.25, 0.3) is 10.1 Å². The zero-order valence-electron chi connectivity index (χ0n) is 22.7. The summed E-state index contributed by atoms with van der Waals surface area (Å²) in [6.07, 6.45) is 17.1. The Kier molecular flexibility index (Phi) is 15.0. The van der Waals surface area contributed by atoms with Crippen molar-refractivity contribution in [2.45, 2.75) is 97.0 Å². The van der Waals surface area contributed by atoms with Crippen LogP contribution in [-0.2, 0) is 32.1 Å². The minimum absolute atomic E-state index is 0.124. The molecule has 6 nitrogen and oxygen atoms in total. The predicted molar refractivity (Wildman–Crippen MR) is 151 cm³/mol. The van der Waals surface area contributed by atoms with Gasteiger partial charge in [0, 0.05) is 11.3 Å². The van der Waals surface area contributed by atoms with Gasteiger partial charge in [-0.2, -0.15) is 8.42 Å². The van der Waals surface area contributed by atoms with Crippen LogP contribution in [0.3, 0.4) is 0 Å². The topological polar surface area (TPSA) is 81.7 Å². The van der Waals surface area contributed by atoms with Crippen molar-refractivity contribution in [1.29, 1.82) is 0 Å². The smallest absolute Gasteiger partial charge is 0.264 e. The first-order valence-electron chi connectivity index (χ1n) is 13.8. The number of carbonyl (C=O) groups is 1. The molecule has 0 aromatic heterocycles. The monoisotopic (exact) mass is 531 g/mol. The first-order chi connectivity index (χ1) is 17.9. The Hall–Kier alpha value is -2.38. The Labute approximate surface area is 224 Å². The molecule has 0 spiro atoms. The molecule has 0 unspecified atom stereocenters. The minimum atomic E-state index is -3.56. The van der Waals surface area contributed by atoms with Gasteiger partial charge in [-0.15, -0.1) is 0 Å². The minimum Gasteiger partial charge on any atom is -0.494 e. The molecule has 2 aromatic rings. The first kappa shape index (κ1) is 30.8. The fraction of sp³-hybridized carbons (Fsp3) is 0.567. The zero-order chi connectivity index (χ0) is 26.8. The third-order valence-corrected chi connectivity index (χ3v) is 6.82. The van der Waals surface area contributed by atoms with E-state index in [1.54, 1.807) is 24.3 Å². The Morgan fingerprint density at radius 1 is 0.784 bits per heavy atom. The summed E-state index contributed by atoms with van der Waals surface area (Å²) < 4.78 is 33.3. The van der Waals surface area contributed by atoms with E-state index < -0.39 is 10.1 Å². The second-order valence-electron chi connectivity index (χ2n) is 9.73. The maximum Gasteiger partial charge on any atom is 0.264 e. The van der Waals surface area contributed by atoms with Crippen LogP contribution < -0.4 is 10.1 Å². The van der Waals surface area contributed by atoms with Crippen LogP contribution in [0.5, 0.6) is 5.75 Å². The summed E-state index contributed by atoms with van der Waals surface area (Å²) in [6.45, 7) is 2.85. The number of anilines is 1. The van der Waals surface area contributed by atoms with E-state index >= 15 is 0 Å². The van der Waals surface area contributed by atoms with Gasteiger partial charge in [-0.1, -0.05) is 108 Å². The molecule has 0 atom stereocenters. The van der Waals surface area contributed by atoms with Crippen molar-refractivity contribution < 1.29 is 22.1 Å². The van der Waals surface area contributed by atoms with Gasteiger partial charge in [-0.05, 0) is 30.2 Å². The van der Waals surface area contributed by atoms with Gasteiger partial charge in [-0.3, -0.25) is 8.98 Å². The number of ether oxygens (including phenoxy) is 1. The van der Waals surface area contributed by atoms with Gasteiger partial charge < -0.3 is 10.1 Å². The van der Waals surface area contributed by atoms with Crippen LogP contribution in [0.2, 0.25) is 0 Å². The van der Waals surface area contributed by atoms with Crippen LogP contribution in [0, 0.1) is 0 Å². The molecular weight excluding hydrogens is 486 g/mol. The highest BCUT2D eigenvalue weighted by Crippen LogP contribution is 2.19. The number of benzene rings is 2. The van der Waals surface area contributed by atoms with E-state index in [1.165, 1.54) is 70.6 Å². The summed E-state index contributed by atoms with van der Waals surface area (Å²) in [5, 5.41) is 2.84. The van der Waals surface area contributed by atoms with Crippen molar-refractivity contribution in [2.75, 3.05) is 18.2 Å². The van der Waals surface area contributed by atoms with E-state index in [2.05, 4.69) is 12.2 Å². The molecule has 0 aliphatic rings. The highest BCUT2D eigenvalue weighted by Gasteiger charge is 2.10. The Bertz CT molecular complexity index is 1000. The molecule has 1 N–H and O–H groups in total. The van der Waals surface area contributed by atoms with E-state index in [1.807, 2.05) is 24.3 Å². The maximum atomic E-state index is 12.5. The Balaban J connectivity index is 1.59. The van der Waals surface area contributed by atoms with Crippen molar-refractivity contribution in [3.05, 3.63) is 59.7 Å². The van der Waals surface area contributed by atoms with E-state index in [9.17, 15) is 13.2 Å². The van der Waals surface area contributed by atoms with E-state index in [-0.39, 0.29) is 18.9 Å². The molecule has 0 heterocycles. The van der Waals surface area contributed by atoms with Crippen LogP contribution >= 0.6 is 0 Å². The summed E-state index contributed by atoms with van der Waals surface area (Å²) >= 11 is 0. The molecule has 7 heteroatoms. The van der Waals surface area contributed by atoms with E-state index in [0.717, 1.165) is 24.0 Å². The van der Waals surface area contributed by atoms with Crippen molar-refractivity contribution in [3.8, 4) is 5.75 Å². The maximum absolute atomic E-state index is 12.5. The van der Waals surface area contributed by atoms with Crippen LogP contribution in [0.4, 0.5) is 5.69 Å². The van der Waals surface area contributed by atoms with Gasteiger partial charge in [0.1, 0.15) is 5.75 Å². The lowest BCUT2D eigenvalue weighted by Gasteiger charge is -2.11. The Morgan fingerprint density at radius 2 is 1.35 bits per heavy atom. The van der Waals surface area contributed by atoms with Crippen molar-refractivity contribution in [2.24, 2.45) is 0 Å². The Morgan fingerprint density at radius 3 is 1.95 bits per heavy atom. The summed E-state index contributed by atoms with van der Waals surface area (Å²) in [6, 6.07) is 14.6. The second-order valence-corrected chi connectivity index (χ2v) is 11.4. The fourth-order valence-electron chi connectivity index (χ4n) is 4.16. The lowest BCUT2D eigenvalue weighted by molar-refractivity contribution is -0.115. The van der Waals surface area contributed by atoms with Gasteiger partial charge in [0.05, 0.1) is 25.9 Å². The summed E-state index contributed by atoms with van der Waals surface area (Å²) in [7, 11) is -3.56. The number of nitrogens with one attached hydrogen (secondary N) is 1. The lowest BCUT2D eigenvalue weighted by Crippen LogP contribution is -2.16. The van der Waals surface area contributed by atoms with Crippen LogP contribution in [0.25, 0.3) is 0 Å². The summed E-state index contributed by atoms with van der Waals surface area (Å²) in [5.41, 5.74) is 2.02. The third kappa shape index (κ3) is 14.8. The van der Waals surface area contributed by atoms with E-state index in [0.29, 0.717) is 17.9 Å². The summed E-state index contributed by atoms with van der Waals surface area (Å²) in [5.74, 6) is 0.632. The predicted octanol–water partition coefficient (Wildman–Crippen LogP) is 7.42. The number of carbonyl (C=O) groups excluding carboxylic acids is 1. The van der Waals surface area contributed by atoms with E-state index in [4.69, 9.17) is 8.92 Å². The summed E-state index contributed by atoms with van der Waals surface area (Å²) in [4.78, 5) is 12.5. The number of para-hydroxylation sites is 1. The highest BCUT2D eigenvalue weighted by molar-refractivity contribution is 7.85. The SMILES string of the molecule is CCCCCCCCCCCCCCOc1ccc(CC(=O)Nc2ccccc2COS(C)(=O)=O)cc1. The molecule has 0 aliphatic heterocycles. The van der Waals surface area contributed by atoms with Gasteiger partial charge in [0.2, 0.25) is 5.91 Å². The number of rotatable bonds is 20. The molecule has 0 aliphatic carbocycles. The fourth-order valence-corrected chi connectivity index (χ4v) is 4.50. The van der Waals surface area contributed by atoms with Gasteiger partial charge >= 0.3 is 0 Å². The molecule has 37 heavy (non-hydrogen) atoms. The quantitative estimate of drug-likeness (QED) is 0.142. The van der Waals surface area contributed by atoms with Crippen molar-refractivity contribution in [1.82, 2.24) is 0 Å². The molecule has 0 saturated carbocycles. The largest absolute Gasteiger partial charge is 0.494 e. The molecule has 0 fully saturated rings. The average molecular weight is 532 g/mol. The lowest BCUT2D eigenvalue weighted by atomic mass is 10.1. The normalized spacial score (nSPS) is 11.4. The highest BCUT2D eigenvalue weighted by atomic mass is 32.2. The molecule has 2 rings (SSSR count). The standard InChI is InChI=1S/C30H45NO5S/c1-3-4-5-6-7-8-9-10-11-12-13-16-23-35-28-21-19-26(20-22-28)24-30(32)31-29-18-15-14-17-27(29)25-36-37(2,33)34/h14-15,17-22H,3-13,16,23-25H2,1-2H3,(H,31,32). The first-order valence-corrected chi connectivity index (χ1v) is 15.6. The third-order valence-electron chi connectivity index (χ3n) is 6.27. The molecule has 1 amide bonds. The molecule has 2 aromatic carbocycles. The van der Waals surface area contributed by atoms with Crippen molar-refractivity contribution in [3.63, 3.8) is 0 Å². The van der Waals surface area contributed by atoms with Crippen molar-refractivity contribution >= 4 is 21.7 Å². The number of hydrogen-bond acceptors (Lipinski definition) is 5. The number of unbranched alkanes of at least 4 members (excludes halogenated alkanes) is 11. The molecule has 0 saturated heterocycles. The van der Waals surface area contributed by atoms with Gasteiger partial charge in [0.15, 0.2) is 0 Å². The van der Waals surface area contributed by atoms with Crippen LogP contribution in [0.1, 0.15) is 95.1 Å². The molecule has 0 bridgehead atoms. The molecule has 206 valence electrons. The molecular formula is C30H45NO5S. The average Bonchev–Trinajstić information content (AvgIpc) is 2.87. The zero-order valence-corrected chi connectivity index (χ0v) is 23.5. The molecule has 0 radical (unpaired) electrons. The number of hydrogen-bond donors (Lipinski definition) is 1. The number of amides is 1. The second kappa shape index (κ2) is 18.0. The van der Waals surface area contributed by atoms with Crippen LogP contribution in [0.15, 0.2) is 48.5 Å².